The average Bonchev–Trinajstić information content (AvgIpc) is 2.43. The van der Waals surface area contributed by atoms with Gasteiger partial charge in [0.05, 0.1) is 22.7 Å². The van der Waals surface area contributed by atoms with Crippen LogP contribution in [-0.2, 0) is 4.79 Å². The van der Waals surface area contributed by atoms with Gasteiger partial charge in [-0.05, 0) is 35.0 Å². The monoisotopic (exact) mass is 311 g/mol. The highest BCUT2D eigenvalue weighted by atomic mass is 79.9. The van der Waals surface area contributed by atoms with E-state index in [0.29, 0.717) is 28.1 Å². The highest BCUT2D eigenvalue weighted by Crippen LogP contribution is 2.39. The maximum Gasteiger partial charge on any atom is 0.233 e. The van der Waals surface area contributed by atoms with E-state index in [4.69, 9.17) is 4.74 Å². The molecule has 0 bridgehead atoms. The Morgan fingerprint density at radius 1 is 1.50 bits per heavy atom. The molecule has 0 N–H and O–H groups in total. The predicted molar refractivity (Wildman–Crippen MR) is 72.2 cm³/mol. The van der Waals surface area contributed by atoms with Gasteiger partial charge >= 0.3 is 0 Å². The van der Waals surface area contributed by atoms with Crippen molar-refractivity contribution in [2.24, 2.45) is 5.92 Å². The van der Waals surface area contributed by atoms with Gasteiger partial charge in [0.15, 0.2) is 11.5 Å². The van der Waals surface area contributed by atoms with Crippen LogP contribution in [0.15, 0.2) is 16.6 Å². The van der Waals surface area contributed by atoms with Gasteiger partial charge in [-0.1, -0.05) is 6.92 Å². The van der Waals surface area contributed by atoms with Crippen LogP contribution >= 0.6 is 15.9 Å². The first-order chi connectivity index (χ1) is 8.41. The van der Waals surface area contributed by atoms with Gasteiger partial charge in [0.1, 0.15) is 0 Å². The first kappa shape index (κ1) is 13.1. The standard InChI is InChI=1S/C13H14BrNO3/c1-7-6-18-12-10(14)4-9(8(2)16)5-11(12)15(3)13(7)17/h4-5,7H,6H2,1-3H3. The molecule has 1 heterocycles. The van der Waals surface area contributed by atoms with E-state index in [1.165, 1.54) is 6.92 Å². The van der Waals surface area contributed by atoms with E-state index >= 15 is 0 Å². The summed E-state index contributed by atoms with van der Waals surface area (Å²) in [6.45, 7) is 3.66. The molecule has 2 rings (SSSR count). The summed E-state index contributed by atoms with van der Waals surface area (Å²) < 4.78 is 6.34. The number of anilines is 1. The summed E-state index contributed by atoms with van der Waals surface area (Å²) in [6, 6.07) is 3.41. The molecule has 0 radical (unpaired) electrons. The van der Waals surface area contributed by atoms with Crippen LogP contribution in [-0.4, -0.2) is 25.3 Å². The number of carbonyl (C=O) groups excluding carboxylic acids is 2. The smallest absolute Gasteiger partial charge is 0.233 e. The maximum atomic E-state index is 12.0. The van der Waals surface area contributed by atoms with Crippen molar-refractivity contribution in [1.82, 2.24) is 0 Å². The van der Waals surface area contributed by atoms with Gasteiger partial charge in [-0.15, -0.1) is 0 Å². The number of ketones is 1. The zero-order valence-corrected chi connectivity index (χ0v) is 12.1. The third-order valence-corrected chi connectivity index (χ3v) is 3.61. The largest absolute Gasteiger partial charge is 0.489 e. The molecule has 4 nitrogen and oxygen atoms in total. The molecule has 1 aromatic rings. The Labute approximate surface area is 114 Å². The van der Waals surface area contributed by atoms with Crippen molar-refractivity contribution in [2.45, 2.75) is 13.8 Å². The highest BCUT2D eigenvalue weighted by Gasteiger charge is 2.28. The number of Topliss-reactive ketones (excluding diaryl/α,β-unsaturated/α-hetero) is 1. The molecule has 0 saturated carbocycles. The lowest BCUT2D eigenvalue weighted by Crippen LogP contribution is -2.31. The summed E-state index contributed by atoms with van der Waals surface area (Å²) in [6.07, 6.45) is 0. The number of amides is 1. The van der Waals surface area contributed by atoms with E-state index in [0.717, 1.165) is 0 Å². The SMILES string of the molecule is CC(=O)c1cc(Br)c2c(c1)N(C)C(=O)C(C)CO2. The van der Waals surface area contributed by atoms with Gasteiger partial charge in [0, 0.05) is 12.6 Å². The van der Waals surface area contributed by atoms with Crippen LogP contribution in [0.25, 0.3) is 0 Å². The Morgan fingerprint density at radius 3 is 2.78 bits per heavy atom. The van der Waals surface area contributed by atoms with E-state index in [1.807, 2.05) is 6.92 Å². The van der Waals surface area contributed by atoms with Crippen LogP contribution in [0.4, 0.5) is 5.69 Å². The molecule has 0 fully saturated rings. The molecule has 0 saturated heterocycles. The molecule has 1 aliphatic heterocycles. The van der Waals surface area contributed by atoms with Crippen LogP contribution in [0.5, 0.6) is 5.75 Å². The summed E-state index contributed by atoms with van der Waals surface area (Å²) in [5, 5.41) is 0. The van der Waals surface area contributed by atoms with Crippen LogP contribution in [0.2, 0.25) is 0 Å². The van der Waals surface area contributed by atoms with Crippen molar-refractivity contribution >= 4 is 33.3 Å². The van der Waals surface area contributed by atoms with Crippen molar-refractivity contribution in [3.8, 4) is 5.75 Å². The molecule has 0 aliphatic carbocycles. The van der Waals surface area contributed by atoms with Crippen LogP contribution in [0.1, 0.15) is 24.2 Å². The predicted octanol–water partition coefficient (Wildman–Crippen LogP) is 2.64. The molecular formula is C13H14BrNO3. The third kappa shape index (κ3) is 2.14. The van der Waals surface area contributed by atoms with Crippen molar-refractivity contribution in [3.63, 3.8) is 0 Å². The molecule has 5 heteroatoms. The lowest BCUT2D eigenvalue weighted by Gasteiger charge is -2.19. The average molecular weight is 312 g/mol. The van der Waals surface area contributed by atoms with Crippen LogP contribution in [0.3, 0.4) is 0 Å². The lowest BCUT2D eigenvalue weighted by atomic mass is 10.1. The van der Waals surface area contributed by atoms with Gasteiger partial charge in [-0.2, -0.15) is 0 Å². The van der Waals surface area contributed by atoms with Gasteiger partial charge in [-0.25, -0.2) is 0 Å². The molecular weight excluding hydrogens is 298 g/mol. The summed E-state index contributed by atoms with van der Waals surface area (Å²) >= 11 is 3.39. The minimum Gasteiger partial charge on any atom is -0.489 e. The molecule has 1 amide bonds. The fourth-order valence-electron chi connectivity index (χ4n) is 1.90. The number of hydrogen-bond donors (Lipinski definition) is 0. The Morgan fingerprint density at radius 2 is 2.17 bits per heavy atom. The number of fused-ring (bicyclic) bond motifs is 1. The number of benzene rings is 1. The molecule has 18 heavy (non-hydrogen) atoms. The maximum absolute atomic E-state index is 12.0. The second-order valence-corrected chi connectivity index (χ2v) is 5.33. The number of halogens is 1. The fraction of sp³-hybridized carbons (Fsp3) is 0.385. The van der Waals surface area contributed by atoms with E-state index in [1.54, 1.807) is 24.1 Å². The normalized spacial score (nSPS) is 19.0. The van der Waals surface area contributed by atoms with Crippen molar-refractivity contribution < 1.29 is 14.3 Å². The van der Waals surface area contributed by atoms with Crippen LogP contribution < -0.4 is 9.64 Å². The lowest BCUT2D eigenvalue weighted by molar-refractivity contribution is -0.122. The van der Waals surface area contributed by atoms with E-state index in [9.17, 15) is 9.59 Å². The topological polar surface area (TPSA) is 46.6 Å². The fourth-order valence-corrected chi connectivity index (χ4v) is 2.47. The van der Waals surface area contributed by atoms with Crippen molar-refractivity contribution in [1.29, 1.82) is 0 Å². The molecule has 0 spiro atoms. The second-order valence-electron chi connectivity index (χ2n) is 4.47. The van der Waals surface area contributed by atoms with Crippen molar-refractivity contribution in [3.05, 3.63) is 22.2 Å². The Hall–Kier alpha value is -1.36. The first-order valence-electron chi connectivity index (χ1n) is 5.66. The summed E-state index contributed by atoms with van der Waals surface area (Å²) in [5.41, 5.74) is 1.18. The van der Waals surface area contributed by atoms with Gasteiger partial charge in [0.2, 0.25) is 5.91 Å². The van der Waals surface area contributed by atoms with Gasteiger partial charge in [-0.3, -0.25) is 9.59 Å². The quantitative estimate of drug-likeness (QED) is 0.749. The number of hydrogen-bond acceptors (Lipinski definition) is 3. The molecule has 0 aromatic heterocycles. The highest BCUT2D eigenvalue weighted by molar-refractivity contribution is 9.10. The Kier molecular flexibility index (Phi) is 3.43. The Bertz CT molecular complexity index is 527. The third-order valence-electron chi connectivity index (χ3n) is 3.02. The molecule has 1 unspecified atom stereocenters. The van der Waals surface area contributed by atoms with Crippen molar-refractivity contribution in [2.75, 3.05) is 18.6 Å². The van der Waals surface area contributed by atoms with Gasteiger partial charge < -0.3 is 9.64 Å². The number of rotatable bonds is 1. The zero-order valence-electron chi connectivity index (χ0n) is 10.5. The summed E-state index contributed by atoms with van der Waals surface area (Å²) in [7, 11) is 1.70. The second kappa shape index (κ2) is 4.72. The molecule has 1 aromatic carbocycles. The summed E-state index contributed by atoms with van der Waals surface area (Å²) in [4.78, 5) is 25.0. The summed E-state index contributed by atoms with van der Waals surface area (Å²) in [5.74, 6) is 0.355. The van der Waals surface area contributed by atoms with E-state index in [-0.39, 0.29) is 17.6 Å². The van der Waals surface area contributed by atoms with Gasteiger partial charge in [0.25, 0.3) is 0 Å². The molecule has 1 aliphatic rings. The van der Waals surface area contributed by atoms with Crippen LogP contribution in [0, 0.1) is 5.92 Å². The number of ether oxygens (including phenoxy) is 1. The molecule has 1 atom stereocenters. The molecule has 96 valence electrons. The minimum atomic E-state index is -0.199. The number of carbonyl (C=O) groups is 2. The van der Waals surface area contributed by atoms with E-state index < -0.39 is 0 Å². The number of nitrogens with zero attached hydrogens (tertiary/aromatic N) is 1. The Balaban J connectivity index is 2.59. The first-order valence-corrected chi connectivity index (χ1v) is 6.46. The minimum absolute atomic E-state index is 0.0126. The van der Waals surface area contributed by atoms with E-state index in [2.05, 4.69) is 15.9 Å². The zero-order chi connectivity index (χ0) is 13.4.